The molecule has 0 aromatic heterocycles. The van der Waals surface area contributed by atoms with Gasteiger partial charge in [-0.3, -0.25) is 4.79 Å². The zero-order chi connectivity index (χ0) is 30.3. The number of ketones is 1. The topological polar surface area (TPSA) is 112 Å². The SMILES string of the molecule is CCOC(=O)C1=CC(=C2CCC(=O)C(c3ccc(O)cc3)C2)c2c(cc3c(c2OC2CCCCC2)CC(C(C)(C)O)O3)O1. The maximum atomic E-state index is 13.2. The van der Waals surface area contributed by atoms with Gasteiger partial charge in [-0.25, -0.2) is 4.79 Å². The fourth-order valence-corrected chi connectivity index (χ4v) is 6.64. The van der Waals surface area contributed by atoms with E-state index in [0.717, 1.165) is 53.5 Å². The number of hydrogen-bond acceptors (Lipinski definition) is 8. The van der Waals surface area contributed by atoms with Gasteiger partial charge in [0.15, 0.2) is 0 Å². The molecule has 2 aromatic carbocycles. The number of benzene rings is 2. The third-order valence-electron chi connectivity index (χ3n) is 9.02. The highest BCUT2D eigenvalue weighted by Gasteiger charge is 2.41. The fraction of sp³-hybridized carbons (Fsp3) is 0.486. The van der Waals surface area contributed by atoms with Crippen molar-refractivity contribution < 1.29 is 38.7 Å². The molecule has 2 aromatic rings. The van der Waals surface area contributed by atoms with E-state index in [-0.39, 0.29) is 35.9 Å². The summed E-state index contributed by atoms with van der Waals surface area (Å²) in [5.41, 5.74) is 3.23. The molecule has 8 heteroatoms. The molecule has 0 amide bonds. The van der Waals surface area contributed by atoms with Crippen LogP contribution < -0.4 is 14.2 Å². The first-order valence-electron chi connectivity index (χ1n) is 15.5. The minimum Gasteiger partial charge on any atom is -0.508 e. The number of phenolic OH excluding ortho intramolecular Hbond substituents is 1. The molecule has 0 bridgehead atoms. The van der Waals surface area contributed by atoms with Crippen molar-refractivity contribution in [2.75, 3.05) is 6.61 Å². The number of phenols is 1. The standard InChI is InChI=1S/C35H40O8/c1-4-40-34(38)30-17-25(21-12-15-27(37)24(16-21)20-10-13-22(36)14-11-20)32-29(42-30)19-28-26(18-31(43-28)35(2,3)39)33(32)41-23-8-6-5-7-9-23/h10-11,13-14,17,19,23-24,31,36,39H,4-9,12,15-16,18H2,1-3H3. The Hall–Kier alpha value is -3.78. The van der Waals surface area contributed by atoms with Crippen LogP contribution in [0.5, 0.6) is 23.0 Å². The van der Waals surface area contributed by atoms with Crippen molar-refractivity contribution in [2.24, 2.45) is 0 Å². The second-order valence-electron chi connectivity index (χ2n) is 12.6. The van der Waals surface area contributed by atoms with Crippen LogP contribution in [0.15, 0.2) is 47.7 Å². The van der Waals surface area contributed by atoms with Gasteiger partial charge in [-0.05, 0) is 88.6 Å². The lowest BCUT2D eigenvalue weighted by molar-refractivity contribution is -0.141. The fourth-order valence-electron chi connectivity index (χ4n) is 6.64. The number of allylic oxidation sites excluding steroid dienone is 3. The Balaban J connectivity index is 1.51. The molecule has 0 saturated heterocycles. The second-order valence-corrected chi connectivity index (χ2v) is 12.6. The van der Waals surface area contributed by atoms with E-state index in [1.165, 1.54) is 6.42 Å². The van der Waals surface area contributed by atoms with E-state index in [2.05, 4.69) is 0 Å². The van der Waals surface area contributed by atoms with Crippen LogP contribution >= 0.6 is 0 Å². The third-order valence-corrected chi connectivity index (χ3v) is 9.02. The average molecular weight is 589 g/mol. The van der Waals surface area contributed by atoms with Crippen LogP contribution in [0.1, 0.15) is 94.7 Å². The summed E-state index contributed by atoms with van der Waals surface area (Å²) >= 11 is 0. The normalized spacial score (nSPS) is 23.9. The predicted octanol–water partition coefficient (Wildman–Crippen LogP) is 6.31. The average Bonchev–Trinajstić information content (AvgIpc) is 3.43. The maximum absolute atomic E-state index is 13.2. The first-order valence-corrected chi connectivity index (χ1v) is 15.5. The smallest absolute Gasteiger partial charge is 0.374 e. The number of aliphatic hydroxyl groups is 1. The Labute approximate surface area is 252 Å². The summed E-state index contributed by atoms with van der Waals surface area (Å²) in [6, 6.07) is 8.59. The van der Waals surface area contributed by atoms with E-state index in [0.29, 0.717) is 42.9 Å². The first kappa shape index (κ1) is 29.3. The van der Waals surface area contributed by atoms with Gasteiger partial charge in [-0.1, -0.05) is 24.1 Å². The first-order chi connectivity index (χ1) is 20.6. The van der Waals surface area contributed by atoms with Crippen LogP contribution in [-0.2, 0) is 20.7 Å². The van der Waals surface area contributed by atoms with E-state index in [1.807, 2.05) is 0 Å². The summed E-state index contributed by atoms with van der Waals surface area (Å²) in [4.78, 5) is 26.2. The quantitative estimate of drug-likeness (QED) is 0.378. The molecule has 2 atom stereocenters. The van der Waals surface area contributed by atoms with Gasteiger partial charge in [0, 0.05) is 30.4 Å². The van der Waals surface area contributed by atoms with Crippen LogP contribution in [0.2, 0.25) is 0 Å². The van der Waals surface area contributed by atoms with Gasteiger partial charge >= 0.3 is 5.97 Å². The number of rotatable bonds is 6. The lowest BCUT2D eigenvalue weighted by Crippen LogP contribution is -2.39. The molecule has 8 nitrogen and oxygen atoms in total. The molecule has 43 heavy (non-hydrogen) atoms. The number of ether oxygens (including phenoxy) is 4. The molecular weight excluding hydrogens is 548 g/mol. The lowest BCUT2D eigenvalue weighted by atomic mass is 9.77. The van der Waals surface area contributed by atoms with Crippen LogP contribution in [-0.4, -0.2) is 46.4 Å². The van der Waals surface area contributed by atoms with E-state index in [1.54, 1.807) is 57.2 Å². The van der Waals surface area contributed by atoms with Crippen LogP contribution in [0.3, 0.4) is 0 Å². The Morgan fingerprint density at radius 2 is 1.79 bits per heavy atom. The highest BCUT2D eigenvalue weighted by Crippen LogP contribution is 2.53. The van der Waals surface area contributed by atoms with Gasteiger partial charge in [-0.2, -0.15) is 0 Å². The molecule has 2 unspecified atom stereocenters. The summed E-state index contributed by atoms with van der Waals surface area (Å²) in [6.07, 6.45) is 8.40. The van der Waals surface area contributed by atoms with Gasteiger partial charge < -0.3 is 29.2 Å². The Bertz CT molecular complexity index is 1470. The van der Waals surface area contributed by atoms with Gasteiger partial charge in [0.1, 0.15) is 34.9 Å². The minimum absolute atomic E-state index is 0.0323. The molecule has 2 aliphatic carbocycles. The Morgan fingerprint density at radius 3 is 2.49 bits per heavy atom. The van der Waals surface area contributed by atoms with Crippen LogP contribution in [0.25, 0.3) is 5.57 Å². The van der Waals surface area contributed by atoms with Crippen molar-refractivity contribution in [3.63, 3.8) is 0 Å². The molecule has 6 rings (SSSR count). The van der Waals surface area contributed by atoms with Crippen molar-refractivity contribution in [1.29, 1.82) is 0 Å². The zero-order valence-electron chi connectivity index (χ0n) is 25.1. The Kier molecular flexibility index (Phi) is 7.98. The molecule has 2 heterocycles. The van der Waals surface area contributed by atoms with Crippen molar-refractivity contribution in [3.8, 4) is 23.0 Å². The van der Waals surface area contributed by atoms with Gasteiger partial charge in [-0.15, -0.1) is 0 Å². The highest BCUT2D eigenvalue weighted by atomic mass is 16.6. The maximum Gasteiger partial charge on any atom is 0.374 e. The molecular formula is C35H40O8. The van der Waals surface area contributed by atoms with E-state index < -0.39 is 17.7 Å². The monoisotopic (exact) mass is 588 g/mol. The van der Waals surface area contributed by atoms with Crippen molar-refractivity contribution in [2.45, 2.75) is 102 Å². The van der Waals surface area contributed by atoms with Gasteiger partial charge in [0.05, 0.1) is 23.9 Å². The summed E-state index contributed by atoms with van der Waals surface area (Å²) < 4.78 is 24.7. The lowest BCUT2D eigenvalue weighted by Gasteiger charge is -2.31. The number of carbonyl (C=O) groups excluding carboxylic acids is 2. The molecule has 4 aliphatic rings. The molecule has 2 fully saturated rings. The summed E-state index contributed by atoms with van der Waals surface area (Å²) in [5.74, 6) is 1.10. The van der Waals surface area contributed by atoms with E-state index in [4.69, 9.17) is 18.9 Å². The van der Waals surface area contributed by atoms with Crippen LogP contribution in [0, 0.1) is 0 Å². The molecule has 0 spiro atoms. The minimum atomic E-state index is -1.08. The Morgan fingerprint density at radius 1 is 1.05 bits per heavy atom. The number of esters is 1. The summed E-state index contributed by atoms with van der Waals surface area (Å²) in [5, 5.41) is 20.7. The molecule has 2 aliphatic heterocycles. The largest absolute Gasteiger partial charge is 0.508 e. The number of carbonyl (C=O) groups is 2. The summed E-state index contributed by atoms with van der Waals surface area (Å²) in [6.45, 7) is 5.42. The second kappa shape index (κ2) is 11.7. The van der Waals surface area contributed by atoms with E-state index >= 15 is 0 Å². The molecule has 2 saturated carbocycles. The summed E-state index contributed by atoms with van der Waals surface area (Å²) in [7, 11) is 0. The van der Waals surface area contributed by atoms with Crippen LogP contribution in [0.4, 0.5) is 0 Å². The number of fused-ring (bicyclic) bond motifs is 2. The third kappa shape index (κ3) is 5.90. The van der Waals surface area contributed by atoms with Crippen molar-refractivity contribution >= 4 is 17.3 Å². The van der Waals surface area contributed by atoms with E-state index in [9.17, 15) is 19.8 Å². The highest BCUT2D eigenvalue weighted by molar-refractivity contribution is 5.98. The van der Waals surface area contributed by atoms with Gasteiger partial charge in [0.25, 0.3) is 0 Å². The van der Waals surface area contributed by atoms with Crippen molar-refractivity contribution in [1.82, 2.24) is 0 Å². The number of hydrogen-bond donors (Lipinski definition) is 2. The van der Waals surface area contributed by atoms with Crippen molar-refractivity contribution in [3.05, 3.63) is 64.4 Å². The number of aromatic hydroxyl groups is 1. The molecule has 228 valence electrons. The zero-order valence-corrected chi connectivity index (χ0v) is 25.1. The number of Topliss-reactive ketones (excluding diaryl/α,β-unsaturated/α-hetero) is 1. The molecule has 0 radical (unpaired) electrons. The van der Waals surface area contributed by atoms with Gasteiger partial charge in [0.2, 0.25) is 5.76 Å². The predicted molar refractivity (Wildman–Crippen MR) is 160 cm³/mol. The molecule has 2 N–H and O–H groups in total.